The highest BCUT2D eigenvalue weighted by molar-refractivity contribution is 6.00. The average molecular weight is 218 g/mol. The van der Waals surface area contributed by atoms with Gasteiger partial charge in [-0.3, -0.25) is 0 Å². The van der Waals surface area contributed by atoms with E-state index in [-0.39, 0.29) is 6.08 Å². The minimum atomic E-state index is -4.88. The van der Waals surface area contributed by atoms with Crippen molar-refractivity contribution < 1.29 is 31.4 Å². The molecule has 1 aliphatic rings. The molecule has 2 nitrogen and oxygen atoms in total. The number of alkyl halides is 6. The minimum Gasteiger partial charge on any atom is -0.302 e. The second-order valence-electron chi connectivity index (χ2n) is 2.50. The molecule has 8 heteroatoms. The Morgan fingerprint density at radius 3 is 1.79 bits per heavy atom. The van der Waals surface area contributed by atoms with E-state index in [1.165, 1.54) is 0 Å². The molecule has 0 aliphatic carbocycles. The van der Waals surface area contributed by atoms with Crippen molar-refractivity contribution in [1.29, 1.82) is 0 Å². The summed E-state index contributed by atoms with van der Waals surface area (Å²) in [6, 6.07) is 0. The van der Waals surface area contributed by atoms with Crippen molar-refractivity contribution in [2.24, 2.45) is 5.10 Å². The molecule has 0 fully saturated rings. The average Bonchev–Trinajstić information content (AvgIpc) is 2.27. The topological polar surface area (TPSA) is 16.8 Å². The van der Waals surface area contributed by atoms with Crippen LogP contribution < -0.4 is 5.01 Å². The molecule has 0 bridgehead atoms. The third-order valence-corrected chi connectivity index (χ3v) is 1.44. The van der Waals surface area contributed by atoms with Gasteiger partial charge in [0.15, 0.2) is 0 Å². The van der Waals surface area contributed by atoms with Gasteiger partial charge in [0.05, 0.1) is 0 Å². The van der Waals surface area contributed by atoms with E-state index in [0.29, 0.717) is 0 Å². The summed E-state index contributed by atoms with van der Waals surface area (Å²) in [6.07, 6.45) is -9.79. The number of halogens is 6. The van der Waals surface area contributed by atoms with Gasteiger partial charge in [0.25, 0.3) is 0 Å². The predicted octanol–water partition coefficient (Wildman–Crippen LogP) is 1.04. The third kappa shape index (κ3) is 2.06. The van der Waals surface area contributed by atoms with E-state index in [9.17, 15) is 26.3 Å². The predicted molar refractivity (Wildman–Crippen MR) is 33.9 cm³/mol. The molecule has 0 spiro atoms. The Hall–Kier alpha value is -1.05. The molecular weight excluding hydrogens is 214 g/mol. The first-order valence-electron chi connectivity index (χ1n) is 3.26. The quantitative estimate of drug-likeness (QED) is 0.462. The largest absolute Gasteiger partial charge is 0.466 e. The van der Waals surface area contributed by atoms with Crippen LogP contribution in [0.2, 0.25) is 0 Å². The molecule has 0 amide bonds. The van der Waals surface area contributed by atoms with Gasteiger partial charge in [0, 0.05) is 6.08 Å². The van der Waals surface area contributed by atoms with Gasteiger partial charge in [-0.05, 0) is 0 Å². The lowest BCUT2D eigenvalue weighted by Gasteiger charge is -2.13. The van der Waals surface area contributed by atoms with Crippen LogP contribution in [-0.4, -0.2) is 18.1 Å². The summed E-state index contributed by atoms with van der Waals surface area (Å²) in [6.45, 7) is 0. The second-order valence-corrected chi connectivity index (χ2v) is 2.50. The maximum Gasteiger partial charge on any atom is 0.466 e. The van der Waals surface area contributed by atoms with Crippen LogP contribution in [-0.2, 0) is 0 Å². The van der Waals surface area contributed by atoms with Gasteiger partial charge in [-0.15, -0.1) is 12.1 Å². The number of hydrogen-bond acceptors (Lipinski definition) is 1. The van der Waals surface area contributed by atoms with Crippen LogP contribution in [0.5, 0.6) is 0 Å². The van der Waals surface area contributed by atoms with Gasteiger partial charge in [-0.2, -0.15) is 26.3 Å². The molecule has 1 atom stereocenters. The van der Waals surface area contributed by atoms with Gasteiger partial charge in [-0.1, -0.05) is 0 Å². The first-order valence-corrected chi connectivity index (χ1v) is 3.26. The van der Waals surface area contributed by atoms with Crippen molar-refractivity contribution in [1.82, 2.24) is 0 Å². The van der Waals surface area contributed by atoms with Crippen molar-refractivity contribution in [3.8, 4) is 0 Å². The van der Waals surface area contributed by atoms with Gasteiger partial charge >= 0.3 is 12.4 Å². The lowest BCUT2D eigenvalue weighted by Crippen LogP contribution is -3.00. The number of quaternary nitrogens is 1. The standard InChI is InChI=1S/C6H4F6N2/c1-14-4(6(10,11)12)2-3(13-14)5(7,8)9/h2,14H,1H2. The van der Waals surface area contributed by atoms with E-state index in [2.05, 4.69) is 12.1 Å². The van der Waals surface area contributed by atoms with Crippen molar-refractivity contribution in [3.63, 3.8) is 0 Å². The van der Waals surface area contributed by atoms with Crippen molar-refractivity contribution in [2.45, 2.75) is 12.4 Å². The van der Waals surface area contributed by atoms with E-state index in [1.54, 1.807) is 0 Å². The number of nitrogens with one attached hydrogen (secondary N) is 1. The number of allylic oxidation sites excluding steroid dienone is 2. The molecule has 1 N–H and O–H groups in total. The van der Waals surface area contributed by atoms with Crippen molar-refractivity contribution >= 4 is 5.71 Å². The highest BCUT2D eigenvalue weighted by atomic mass is 19.4. The summed E-state index contributed by atoms with van der Waals surface area (Å²) in [5.74, 6) is 0. The zero-order valence-corrected chi connectivity index (χ0v) is 6.50. The Morgan fingerprint density at radius 2 is 1.57 bits per heavy atom. The fourth-order valence-corrected chi connectivity index (χ4v) is 0.849. The van der Waals surface area contributed by atoms with Crippen LogP contribution in [0, 0.1) is 7.05 Å². The fourth-order valence-electron chi connectivity index (χ4n) is 0.849. The van der Waals surface area contributed by atoms with E-state index in [0.717, 1.165) is 0 Å². The molecule has 0 saturated carbocycles. The molecule has 1 rings (SSSR count). The van der Waals surface area contributed by atoms with E-state index in [1.807, 2.05) is 0 Å². The summed E-state index contributed by atoms with van der Waals surface area (Å²) in [7, 11) is 2.79. The van der Waals surface area contributed by atoms with Crippen molar-refractivity contribution in [3.05, 3.63) is 18.8 Å². The molecule has 1 heterocycles. The van der Waals surface area contributed by atoms with E-state index in [4.69, 9.17) is 0 Å². The van der Waals surface area contributed by atoms with Gasteiger partial charge in [0.2, 0.25) is 11.4 Å². The summed E-state index contributed by atoms with van der Waals surface area (Å²) < 4.78 is 71.7. The Labute approximate surface area is 74.5 Å². The summed E-state index contributed by atoms with van der Waals surface area (Å²) >= 11 is 0. The first kappa shape index (κ1) is 11.0. The molecular formula is C6H4F6N2. The molecule has 0 radical (unpaired) electrons. The Balaban J connectivity index is 2.99. The zero-order chi connectivity index (χ0) is 11.1. The van der Waals surface area contributed by atoms with Crippen LogP contribution in [0.25, 0.3) is 0 Å². The molecule has 14 heavy (non-hydrogen) atoms. The van der Waals surface area contributed by atoms with E-state index >= 15 is 0 Å². The van der Waals surface area contributed by atoms with Gasteiger partial charge in [0.1, 0.15) is 0 Å². The maximum absolute atomic E-state index is 12.0. The molecule has 80 valence electrons. The number of hydrogen-bond donors (Lipinski definition) is 1. The highest BCUT2D eigenvalue weighted by Gasteiger charge is 2.47. The molecule has 0 aromatic carbocycles. The monoisotopic (exact) mass is 218 g/mol. The molecule has 1 unspecified atom stereocenters. The first-order chi connectivity index (χ1) is 6.12. The van der Waals surface area contributed by atoms with Crippen molar-refractivity contribution in [2.75, 3.05) is 0 Å². The minimum absolute atomic E-state index is 0.0532. The van der Waals surface area contributed by atoms with Gasteiger partial charge in [-0.25, -0.2) is 0 Å². The number of nitrogens with zero attached hydrogens (tertiary/aromatic N) is 1. The summed E-state index contributed by atoms with van der Waals surface area (Å²) in [4.78, 5) is 0. The normalized spacial score (nSPS) is 23.5. The Bertz CT molecular complexity index is 296. The van der Waals surface area contributed by atoms with Crippen LogP contribution >= 0.6 is 0 Å². The second kappa shape index (κ2) is 2.97. The summed E-state index contributed by atoms with van der Waals surface area (Å²) in [5.41, 5.74) is -3.03. The van der Waals surface area contributed by atoms with E-state index < -0.39 is 28.8 Å². The summed E-state index contributed by atoms with van der Waals surface area (Å²) in [5, 5.41) is 1.78. The lowest BCUT2D eigenvalue weighted by atomic mass is 10.3. The van der Waals surface area contributed by atoms with Crippen LogP contribution in [0.1, 0.15) is 0 Å². The van der Waals surface area contributed by atoms with Crippen LogP contribution in [0.15, 0.2) is 16.9 Å². The van der Waals surface area contributed by atoms with Crippen LogP contribution in [0.4, 0.5) is 26.3 Å². The smallest absolute Gasteiger partial charge is 0.302 e. The SMILES string of the molecule is [CH2-][NH+]1N=C(C(F)(F)F)C=C1C(F)(F)F. The molecule has 0 aromatic heterocycles. The Morgan fingerprint density at radius 1 is 1.07 bits per heavy atom. The zero-order valence-electron chi connectivity index (χ0n) is 6.50. The molecule has 0 saturated heterocycles. The Kier molecular flexibility index (Phi) is 2.34. The molecule has 1 aliphatic heterocycles. The number of rotatable bonds is 0. The van der Waals surface area contributed by atoms with Crippen LogP contribution in [0.3, 0.4) is 0 Å². The lowest BCUT2D eigenvalue weighted by molar-refractivity contribution is -0.827. The molecule has 0 aromatic rings. The maximum atomic E-state index is 12.0. The fraction of sp³-hybridized carbons (Fsp3) is 0.333. The highest BCUT2D eigenvalue weighted by Crippen LogP contribution is 2.26. The third-order valence-electron chi connectivity index (χ3n) is 1.44. The van der Waals surface area contributed by atoms with Gasteiger partial charge < -0.3 is 5.01 Å².